The highest BCUT2D eigenvalue weighted by Gasteiger charge is 2.05. The molecular weight excluding hydrogens is 274 g/mol. The van der Waals surface area contributed by atoms with Gasteiger partial charge in [-0.2, -0.15) is 0 Å². The highest BCUT2D eigenvalue weighted by atomic mass is 16.5. The molecule has 0 heterocycles. The largest absolute Gasteiger partial charge is 0.445 e. The lowest BCUT2D eigenvalue weighted by Gasteiger charge is -2.09. The molecule has 3 nitrogen and oxygen atoms in total. The van der Waals surface area contributed by atoms with E-state index in [9.17, 15) is 4.79 Å². The monoisotopic (exact) mass is 291 g/mol. The van der Waals surface area contributed by atoms with Crippen molar-refractivity contribution in [1.29, 1.82) is 0 Å². The second-order valence-corrected chi connectivity index (χ2v) is 5.05. The fraction of sp³-hybridized carbons (Fsp3) is 0.105. The summed E-state index contributed by atoms with van der Waals surface area (Å²) < 4.78 is 5.21. The van der Waals surface area contributed by atoms with Crippen LogP contribution in [0.4, 0.5) is 4.79 Å². The van der Waals surface area contributed by atoms with E-state index in [4.69, 9.17) is 4.74 Å². The Morgan fingerprint density at radius 3 is 2.45 bits per heavy atom. The van der Waals surface area contributed by atoms with Gasteiger partial charge in [-0.05, 0) is 21.9 Å². The summed E-state index contributed by atoms with van der Waals surface area (Å²) in [5.41, 5.74) is 2.05. The van der Waals surface area contributed by atoms with Gasteiger partial charge in [0.05, 0.1) is 0 Å². The van der Waals surface area contributed by atoms with Gasteiger partial charge in [0.25, 0.3) is 0 Å². The third kappa shape index (κ3) is 3.44. The standard InChI is InChI=1S/C19H17NO2/c21-19(22-14-15-7-2-1-3-8-15)20-13-17-11-6-10-16-9-4-5-12-18(16)17/h1-12H,13-14H2,(H,20,21). The van der Waals surface area contributed by atoms with Crippen LogP contribution in [0.3, 0.4) is 0 Å². The zero-order valence-electron chi connectivity index (χ0n) is 12.2. The number of alkyl carbamates (subject to hydrolysis) is 1. The molecule has 0 bridgehead atoms. The second kappa shape index (κ2) is 6.76. The average molecular weight is 291 g/mol. The number of carbonyl (C=O) groups excluding carboxylic acids is 1. The molecule has 22 heavy (non-hydrogen) atoms. The van der Waals surface area contributed by atoms with Crippen molar-refractivity contribution in [3.8, 4) is 0 Å². The molecule has 0 saturated carbocycles. The molecule has 0 aliphatic rings. The van der Waals surface area contributed by atoms with Crippen molar-refractivity contribution in [3.63, 3.8) is 0 Å². The van der Waals surface area contributed by atoms with Gasteiger partial charge >= 0.3 is 6.09 Å². The van der Waals surface area contributed by atoms with E-state index in [1.54, 1.807) is 0 Å². The van der Waals surface area contributed by atoms with Crippen molar-refractivity contribution in [3.05, 3.63) is 83.9 Å². The Labute approximate surface area is 129 Å². The summed E-state index contributed by atoms with van der Waals surface area (Å²) in [4.78, 5) is 11.8. The van der Waals surface area contributed by atoms with Gasteiger partial charge in [0.2, 0.25) is 0 Å². The first kappa shape index (κ1) is 14.1. The first-order valence-corrected chi connectivity index (χ1v) is 7.24. The normalized spacial score (nSPS) is 10.4. The predicted octanol–water partition coefficient (Wildman–Crippen LogP) is 4.27. The van der Waals surface area contributed by atoms with Crippen molar-refractivity contribution in [2.45, 2.75) is 13.2 Å². The molecule has 0 unspecified atom stereocenters. The molecular formula is C19H17NO2. The van der Waals surface area contributed by atoms with Gasteiger partial charge < -0.3 is 10.1 Å². The third-order valence-corrected chi connectivity index (χ3v) is 3.52. The Morgan fingerprint density at radius 2 is 1.59 bits per heavy atom. The molecule has 110 valence electrons. The summed E-state index contributed by atoms with van der Waals surface area (Å²) in [6.45, 7) is 0.733. The molecule has 0 saturated heterocycles. The van der Waals surface area contributed by atoms with E-state index in [0.29, 0.717) is 6.54 Å². The van der Waals surface area contributed by atoms with Gasteiger partial charge in [-0.15, -0.1) is 0 Å². The van der Waals surface area contributed by atoms with Crippen LogP contribution in [-0.2, 0) is 17.9 Å². The van der Waals surface area contributed by atoms with Gasteiger partial charge in [0, 0.05) is 6.54 Å². The number of hydrogen-bond donors (Lipinski definition) is 1. The number of amides is 1. The topological polar surface area (TPSA) is 38.3 Å². The van der Waals surface area contributed by atoms with E-state index >= 15 is 0 Å². The number of rotatable bonds is 4. The van der Waals surface area contributed by atoms with Gasteiger partial charge in [-0.25, -0.2) is 4.79 Å². The summed E-state index contributed by atoms with van der Waals surface area (Å²) in [6.07, 6.45) is -0.406. The molecule has 1 amide bonds. The zero-order chi connectivity index (χ0) is 15.2. The van der Waals surface area contributed by atoms with E-state index in [0.717, 1.165) is 16.5 Å². The van der Waals surface area contributed by atoms with Crippen LogP contribution in [0.5, 0.6) is 0 Å². The van der Waals surface area contributed by atoms with E-state index in [-0.39, 0.29) is 6.61 Å². The fourth-order valence-corrected chi connectivity index (χ4v) is 2.39. The summed E-state index contributed by atoms with van der Waals surface area (Å²) in [6, 6.07) is 23.8. The van der Waals surface area contributed by atoms with Crippen molar-refractivity contribution < 1.29 is 9.53 Å². The fourth-order valence-electron chi connectivity index (χ4n) is 2.39. The van der Waals surface area contributed by atoms with Gasteiger partial charge in [0.15, 0.2) is 0 Å². The summed E-state index contributed by atoms with van der Waals surface area (Å²) in [5, 5.41) is 5.11. The number of benzene rings is 3. The number of ether oxygens (including phenoxy) is 1. The molecule has 0 spiro atoms. The molecule has 0 aliphatic heterocycles. The Balaban J connectivity index is 1.58. The third-order valence-electron chi connectivity index (χ3n) is 3.52. The van der Waals surface area contributed by atoms with Gasteiger partial charge in [-0.3, -0.25) is 0 Å². The molecule has 0 radical (unpaired) electrons. The second-order valence-electron chi connectivity index (χ2n) is 5.05. The number of nitrogens with one attached hydrogen (secondary N) is 1. The number of carbonyl (C=O) groups is 1. The van der Waals surface area contributed by atoms with Crippen LogP contribution < -0.4 is 5.32 Å². The first-order valence-electron chi connectivity index (χ1n) is 7.24. The highest BCUT2D eigenvalue weighted by molar-refractivity contribution is 5.85. The maximum atomic E-state index is 11.8. The summed E-state index contributed by atoms with van der Waals surface area (Å²) in [5.74, 6) is 0. The van der Waals surface area contributed by atoms with Crippen LogP contribution in [0.2, 0.25) is 0 Å². The van der Waals surface area contributed by atoms with Crippen LogP contribution in [0.1, 0.15) is 11.1 Å². The summed E-state index contributed by atoms with van der Waals surface area (Å²) >= 11 is 0. The molecule has 0 atom stereocenters. The van der Waals surface area contributed by atoms with Crippen LogP contribution in [0, 0.1) is 0 Å². The lowest BCUT2D eigenvalue weighted by atomic mass is 10.0. The smallest absolute Gasteiger partial charge is 0.407 e. The molecule has 0 fully saturated rings. The molecule has 3 rings (SSSR count). The number of hydrogen-bond acceptors (Lipinski definition) is 2. The first-order chi connectivity index (χ1) is 10.8. The number of fused-ring (bicyclic) bond motifs is 1. The molecule has 3 aromatic carbocycles. The van der Waals surface area contributed by atoms with E-state index < -0.39 is 6.09 Å². The minimum atomic E-state index is -0.406. The van der Waals surface area contributed by atoms with E-state index in [1.807, 2.05) is 54.6 Å². The Hall–Kier alpha value is -2.81. The van der Waals surface area contributed by atoms with E-state index in [1.165, 1.54) is 5.39 Å². The van der Waals surface area contributed by atoms with Crippen molar-refractivity contribution in [1.82, 2.24) is 5.32 Å². The van der Waals surface area contributed by atoms with Gasteiger partial charge in [0.1, 0.15) is 6.61 Å². The minimum absolute atomic E-state index is 0.280. The SMILES string of the molecule is O=C(NCc1cccc2ccccc12)OCc1ccccc1. The molecule has 3 heteroatoms. The van der Waals surface area contributed by atoms with Crippen molar-refractivity contribution >= 4 is 16.9 Å². The zero-order valence-corrected chi connectivity index (χ0v) is 12.2. The van der Waals surface area contributed by atoms with Crippen LogP contribution in [0.15, 0.2) is 72.8 Å². The average Bonchev–Trinajstić information content (AvgIpc) is 2.59. The Bertz CT molecular complexity index is 763. The Kier molecular flexibility index (Phi) is 4.35. The van der Waals surface area contributed by atoms with Crippen LogP contribution >= 0.6 is 0 Å². The van der Waals surface area contributed by atoms with Crippen molar-refractivity contribution in [2.24, 2.45) is 0 Å². The minimum Gasteiger partial charge on any atom is -0.445 e. The lowest BCUT2D eigenvalue weighted by Crippen LogP contribution is -2.23. The van der Waals surface area contributed by atoms with Gasteiger partial charge in [-0.1, -0.05) is 72.8 Å². The lowest BCUT2D eigenvalue weighted by molar-refractivity contribution is 0.139. The molecule has 3 aromatic rings. The van der Waals surface area contributed by atoms with Crippen LogP contribution in [-0.4, -0.2) is 6.09 Å². The molecule has 0 aliphatic carbocycles. The maximum absolute atomic E-state index is 11.8. The molecule has 1 N–H and O–H groups in total. The highest BCUT2D eigenvalue weighted by Crippen LogP contribution is 2.18. The Morgan fingerprint density at radius 1 is 0.864 bits per heavy atom. The van der Waals surface area contributed by atoms with Crippen molar-refractivity contribution in [2.75, 3.05) is 0 Å². The summed E-state index contributed by atoms with van der Waals surface area (Å²) in [7, 11) is 0. The van der Waals surface area contributed by atoms with Crippen LogP contribution in [0.25, 0.3) is 10.8 Å². The molecule has 0 aromatic heterocycles. The maximum Gasteiger partial charge on any atom is 0.407 e. The predicted molar refractivity (Wildman–Crippen MR) is 87.4 cm³/mol. The quantitative estimate of drug-likeness (QED) is 0.779. The van der Waals surface area contributed by atoms with E-state index in [2.05, 4.69) is 23.5 Å².